The van der Waals surface area contributed by atoms with Crippen molar-refractivity contribution in [2.24, 2.45) is 0 Å². The van der Waals surface area contributed by atoms with Crippen LogP contribution in [0.15, 0.2) is 60.7 Å². The molecule has 0 aliphatic heterocycles. The van der Waals surface area contributed by atoms with Crippen LogP contribution in [-0.4, -0.2) is 23.4 Å². The van der Waals surface area contributed by atoms with E-state index in [2.05, 4.69) is 15.6 Å². The molecular weight excluding hydrogens is 423 g/mol. The van der Waals surface area contributed by atoms with Crippen LogP contribution in [0.25, 0.3) is 0 Å². The monoisotopic (exact) mass is 443 g/mol. The molecule has 166 valence electrons. The Bertz CT molecular complexity index is 1110. The van der Waals surface area contributed by atoms with Gasteiger partial charge in [-0.05, 0) is 74.5 Å². The van der Waals surface area contributed by atoms with E-state index >= 15 is 0 Å². The molecule has 0 radical (unpaired) electrons. The van der Waals surface area contributed by atoms with Gasteiger partial charge in [-0.3, -0.25) is 9.59 Å². The zero-order valence-corrected chi connectivity index (χ0v) is 17.3. The van der Waals surface area contributed by atoms with Crippen molar-refractivity contribution in [1.29, 1.82) is 0 Å². The molecule has 2 N–H and O–H groups in total. The van der Waals surface area contributed by atoms with E-state index in [-0.39, 0.29) is 17.2 Å². The first-order chi connectivity index (χ1) is 15.2. The molecule has 0 aliphatic carbocycles. The first-order valence-corrected chi connectivity index (χ1v) is 9.68. The van der Waals surface area contributed by atoms with E-state index in [1.807, 2.05) is 6.92 Å². The van der Waals surface area contributed by atoms with Crippen molar-refractivity contribution in [3.63, 3.8) is 0 Å². The maximum absolute atomic E-state index is 12.7. The Labute approximate surface area is 182 Å². The number of anilines is 2. The number of carbonyl (C=O) groups is 2. The van der Waals surface area contributed by atoms with Gasteiger partial charge in [0, 0.05) is 16.9 Å². The Morgan fingerprint density at radius 2 is 1.44 bits per heavy atom. The van der Waals surface area contributed by atoms with Crippen LogP contribution in [0.2, 0.25) is 0 Å². The number of pyridine rings is 1. The van der Waals surface area contributed by atoms with Crippen molar-refractivity contribution in [3.05, 3.63) is 83.2 Å². The number of carbonyl (C=O) groups excluding carboxylic acids is 2. The van der Waals surface area contributed by atoms with Crippen LogP contribution in [0, 0.1) is 6.92 Å². The van der Waals surface area contributed by atoms with Gasteiger partial charge < -0.3 is 15.4 Å². The highest BCUT2D eigenvalue weighted by atomic mass is 19.4. The summed E-state index contributed by atoms with van der Waals surface area (Å²) in [7, 11) is 0. The number of nitrogens with one attached hydrogen (secondary N) is 2. The van der Waals surface area contributed by atoms with Crippen LogP contribution in [0.4, 0.5) is 24.5 Å². The van der Waals surface area contributed by atoms with Gasteiger partial charge in [0.2, 0.25) is 0 Å². The largest absolute Gasteiger partial charge is 0.494 e. The molecule has 0 saturated heterocycles. The topological polar surface area (TPSA) is 80.3 Å². The summed E-state index contributed by atoms with van der Waals surface area (Å²) in [6, 6.07) is 14.9. The minimum absolute atomic E-state index is 0.0234. The normalized spacial score (nSPS) is 11.0. The zero-order valence-electron chi connectivity index (χ0n) is 17.3. The van der Waals surface area contributed by atoms with Crippen LogP contribution in [0.1, 0.15) is 39.0 Å². The van der Waals surface area contributed by atoms with Crippen molar-refractivity contribution in [1.82, 2.24) is 4.98 Å². The number of benzene rings is 2. The molecule has 2 amide bonds. The molecule has 3 rings (SSSR count). The SMILES string of the molecule is CCOc1ccc(NC(=O)c2ccc(NC(=O)c3ccc(C(F)(F)F)nc3C)cc2)cc1. The van der Waals surface area contributed by atoms with Crippen LogP contribution in [0.3, 0.4) is 0 Å². The molecule has 3 aromatic rings. The fourth-order valence-electron chi connectivity index (χ4n) is 2.87. The molecule has 0 bridgehead atoms. The van der Waals surface area contributed by atoms with Crippen molar-refractivity contribution in [2.75, 3.05) is 17.2 Å². The van der Waals surface area contributed by atoms with Crippen molar-refractivity contribution >= 4 is 23.2 Å². The Balaban J connectivity index is 1.64. The molecule has 0 aliphatic rings. The number of hydrogen-bond acceptors (Lipinski definition) is 4. The maximum Gasteiger partial charge on any atom is 0.433 e. The lowest BCUT2D eigenvalue weighted by Crippen LogP contribution is -2.17. The van der Waals surface area contributed by atoms with E-state index in [9.17, 15) is 22.8 Å². The summed E-state index contributed by atoms with van der Waals surface area (Å²) in [5.41, 5.74) is 0.269. The van der Waals surface area contributed by atoms with E-state index in [0.29, 0.717) is 29.3 Å². The summed E-state index contributed by atoms with van der Waals surface area (Å²) in [5, 5.41) is 5.34. The van der Waals surface area contributed by atoms with Crippen molar-refractivity contribution in [3.8, 4) is 5.75 Å². The van der Waals surface area contributed by atoms with Gasteiger partial charge in [0.05, 0.1) is 17.9 Å². The molecule has 6 nitrogen and oxygen atoms in total. The second kappa shape index (κ2) is 9.51. The highest BCUT2D eigenvalue weighted by Crippen LogP contribution is 2.28. The Morgan fingerprint density at radius 1 is 0.875 bits per heavy atom. The molecule has 0 unspecified atom stereocenters. The third-order valence-electron chi connectivity index (χ3n) is 4.45. The molecule has 1 heterocycles. The Morgan fingerprint density at radius 3 is 1.97 bits per heavy atom. The molecule has 0 fully saturated rings. The Kier molecular flexibility index (Phi) is 6.77. The fourth-order valence-corrected chi connectivity index (χ4v) is 2.87. The van der Waals surface area contributed by atoms with Gasteiger partial charge in [0.15, 0.2) is 0 Å². The highest BCUT2D eigenvalue weighted by molar-refractivity contribution is 6.06. The van der Waals surface area contributed by atoms with Gasteiger partial charge in [0.25, 0.3) is 11.8 Å². The van der Waals surface area contributed by atoms with E-state index in [1.165, 1.54) is 31.2 Å². The lowest BCUT2D eigenvalue weighted by atomic mass is 10.1. The quantitative estimate of drug-likeness (QED) is 0.541. The molecule has 9 heteroatoms. The van der Waals surface area contributed by atoms with E-state index in [4.69, 9.17) is 4.74 Å². The lowest BCUT2D eigenvalue weighted by Gasteiger charge is -2.11. The van der Waals surface area contributed by atoms with Gasteiger partial charge in [-0.2, -0.15) is 13.2 Å². The van der Waals surface area contributed by atoms with Crippen LogP contribution in [0.5, 0.6) is 5.75 Å². The first kappa shape index (κ1) is 22.8. The summed E-state index contributed by atoms with van der Waals surface area (Å²) < 4.78 is 43.6. The highest BCUT2D eigenvalue weighted by Gasteiger charge is 2.33. The number of ether oxygens (including phenoxy) is 1. The van der Waals surface area contributed by atoms with Crippen molar-refractivity contribution in [2.45, 2.75) is 20.0 Å². The van der Waals surface area contributed by atoms with E-state index < -0.39 is 17.8 Å². The number of amides is 2. The molecule has 1 aromatic heterocycles. The second-order valence-corrected chi connectivity index (χ2v) is 6.77. The molecule has 0 saturated carbocycles. The maximum atomic E-state index is 12.7. The lowest BCUT2D eigenvalue weighted by molar-refractivity contribution is -0.141. The number of halogens is 3. The zero-order chi connectivity index (χ0) is 23.3. The molecule has 0 spiro atoms. The predicted octanol–water partition coefficient (Wildman–Crippen LogP) is 5.31. The molecule has 2 aromatic carbocycles. The van der Waals surface area contributed by atoms with Crippen molar-refractivity contribution < 1.29 is 27.5 Å². The van der Waals surface area contributed by atoms with Gasteiger partial charge in [-0.1, -0.05) is 0 Å². The van der Waals surface area contributed by atoms with Gasteiger partial charge in [-0.25, -0.2) is 4.98 Å². The van der Waals surface area contributed by atoms with Gasteiger partial charge in [-0.15, -0.1) is 0 Å². The number of hydrogen-bond donors (Lipinski definition) is 2. The summed E-state index contributed by atoms with van der Waals surface area (Å²) in [5.74, 6) is -0.241. The number of aryl methyl sites for hydroxylation is 1. The third kappa shape index (κ3) is 5.63. The average molecular weight is 443 g/mol. The summed E-state index contributed by atoms with van der Waals surface area (Å²) >= 11 is 0. The Hall–Kier alpha value is -3.88. The van der Waals surface area contributed by atoms with E-state index in [0.717, 1.165) is 12.1 Å². The summed E-state index contributed by atoms with van der Waals surface area (Å²) in [6.45, 7) is 3.76. The second-order valence-electron chi connectivity index (χ2n) is 6.77. The number of alkyl halides is 3. The summed E-state index contributed by atoms with van der Waals surface area (Å²) in [4.78, 5) is 28.3. The fraction of sp³-hybridized carbons (Fsp3) is 0.174. The summed E-state index contributed by atoms with van der Waals surface area (Å²) in [6.07, 6.45) is -4.58. The number of aromatic nitrogens is 1. The smallest absolute Gasteiger partial charge is 0.433 e. The van der Waals surface area contributed by atoms with Crippen LogP contribution < -0.4 is 15.4 Å². The third-order valence-corrected chi connectivity index (χ3v) is 4.45. The first-order valence-electron chi connectivity index (χ1n) is 9.68. The molecule has 0 atom stereocenters. The van der Waals surface area contributed by atoms with Crippen LogP contribution in [-0.2, 0) is 6.18 Å². The number of nitrogens with zero attached hydrogens (tertiary/aromatic N) is 1. The van der Waals surface area contributed by atoms with Gasteiger partial charge >= 0.3 is 6.18 Å². The van der Waals surface area contributed by atoms with Gasteiger partial charge in [0.1, 0.15) is 11.4 Å². The van der Waals surface area contributed by atoms with Crippen LogP contribution >= 0.6 is 0 Å². The average Bonchev–Trinajstić information content (AvgIpc) is 2.75. The minimum Gasteiger partial charge on any atom is -0.494 e. The standard InChI is InChI=1S/C23H20F3N3O3/c1-3-32-18-10-8-17(9-11-18)28-21(30)15-4-6-16(7-5-15)29-22(31)19-12-13-20(23(24,25)26)27-14(19)2/h4-13H,3H2,1-2H3,(H,28,30)(H,29,31). The number of rotatable bonds is 6. The van der Waals surface area contributed by atoms with E-state index in [1.54, 1.807) is 24.3 Å². The molecule has 32 heavy (non-hydrogen) atoms. The predicted molar refractivity (Wildman–Crippen MR) is 114 cm³/mol. The minimum atomic E-state index is -4.58. The molecular formula is C23H20F3N3O3.